The minimum absolute atomic E-state index is 0.130. The van der Waals surface area contributed by atoms with E-state index >= 15 is 0 Å². The molecule has 1 aliphatic carbocycles. The predicted octanol–water partition coefficient (Wildman–Crippen LogP) is 5.18. The number of aryl methyl sites for hydroxylation is 1. The predicted molar refractivity (Wildman–Crippen MR) is 121 cm³/mol. The maximum absolute atomic E-state index is 12.6. The summed E-state index contributed by atoms with van der Waals surface area (Å²) in [5, 5.41) is 3.60. The highest BCUT2D eigenvalue weighted by molar-refractivity contribution is 7.15. The van der Waals surface area contributed by atoms with Gasteiger partial charge in [-0.05, 0) is 53.5 Å². The number of benzene rings is 2. The number of thiazole rings is 1. The van der Waals surface area contributed by atoms with E-state index in [1.165, 1.54) is 10.4 Å². The van der Waals surface area contributed by atoms with Gasteiger partial charge in [-0.2, -0.15) is 0 Å². The molecule has 29 heavy (non-hydrogen) atoms. The van der Waals surface area contributed by atoms with Crippen molar-refractivity contribution in [2.45, 2.75) is 51.5 Å². The number of anilines is 1. The third-order valence-corrected chi connectivity index (χ3v) is 6.46. The Morgan fingerprint density at radius 3 is 2.31 bits per heavy atom. The quantitative estimate of drug-likeness (QED) is 0.631. The lowest BCUT2D eigenvalue weighted by atomic mass is 9.86. The summed E-state index contributed by atoms with van der Waals surface area (Å²) in [5.41, 5.74) is 11.4. The van der Waals surface area contributed by atoms with Gasteiger partial charge < -0.3 is 5.73 Å². The Morgan fingerprint density at radius 2 is 1.69 bits per heavy atom. The molecule has 1 aromatic heterocycles. The molecule has 0 aliphatic heterocycles. The number of carbonyl (C=O) groups is 1. The molecular weight excluding hydrogens is 378 g/mol. The van der Waals surface area contributed by atoms with Crippen LogP contribution in [-0.2, 0) is 18.3 Å². The molecule has 3 aromatic rings. The Bertz CT molecular complexity index is 1010. The van der Waals surface area contributed by atoms with E-state index in [1.807, 2.05) is 24.3 Å². The molecule has 2 aromatic carbocycles. The van der Waals surface area contributed by atoms with E-state index in [0.717, 1.165) is 36.1 Å². The molecule has 1 amide bonds. The Labute approximate surface area is 176 Å². The topological polar surface area (TPSA) is 68.0 Å². The molecular formula is C24H27N3OS. The van der Waals surface area contributed by atoms with Crippen LogP contribution in [0.3, 0.4) is 0 Å². The van der Waals surface area contributed by atoms with Gasteiger partial charge in [0.15, 0.2) is 5.13 Å². The first kappa shape index (κ1) is 19.8. The highest BCUT2D eigenvalue weighted by Gasteiger charge is 2.21. The van der Waals surface area contributed by atoms with Gasteiger partial charge in [-0.1, -0.05) is 57.2 Å². The second-order valence-electron chi connectivity index (χ2n) is 8.75. The summed E-state index contributed by atoms with van der Waals surface area (Å²) in [7, 11) is 0. The Hall–Kier alpha value is -2.50. The molecule has 150 valence electrons. The number of nitrogens with one attached hydrogen (secondary N) is 1. The third kappa shape index (κ3) is 4.41. The molecule has 0 spiro atoms. The van der Waals surface area contributed by atoms with E-state index in [9.17, 15) is 4.79 Å². The number of nitrogens with zero attached hydrogens (tertiary/aromatic N) is 1. The number of carbonyl (C=O) groups excluding carboxylic acids is 1. The first-order chi connectivity index (χ1) is 13.8. The summed E-state index contributed by atoms with van der Waals surface area (Å²) in [5.74, 6) is -0.130. The summed E-state index contributed by atoms with van der Waals surface area (Å²) < 4.78 is 0. The summed E-state index contributed by atoms with van der Waals surface area (Å²) in [4.78, 5) is 18.4. The van der Waals surface area contributed by atoms with E-state index < -0.39 is 0 Å². The molecule has 1 aliphatic rings. The van der Waals surface area contributed by atoms with Crippen LogP contribution in [-0.4, -0.2) is 16.9 Å². The fourth-order valence-corrected chi connectivity index (χ4v) is 4.70. The number of fused-ring (bicyclic) bond motifs is 1. The minimum atomic E-state index is -0.130. The third-order valence-electron chi connectivity index (χ3n) is 5.43. The summed E-state index contributed by atoms with van der Waals surface area (Å²) in [6.07, 6.45) is 2.71. The Kier molecular flexibility index (Phi) is 5.28. The molecule has 0 unspecified atom stereocenters. The van der Waals surface area contributed by atoms with Crippen molar-refractivity contribution < 1.29 is 4.79 Å². The molecule has 0 saturated carbocycles. The van der Waals surface area contributed by atoms with E-state index in [-0.39, 0.29) is 17.4 Å². The van der Waals surface area contributed by atoms with Crippen LogP contribution in [0.25, 0.3) is 11.1 Å². The zero-order chi connectivity index (χ0) is 20.6. The van der Waals surface area contributed by atoms with Crippen LogP contribution in [0.5, 0.6) is 0 Å². The average molecular weight is 406 g/mol. The first-order valence-corrected chi connectivity index (χ1v) is 10.9. The van der Waals surface area contributed by atoms with Gasteiger partial charge in [0.25, 0.3) is 5.91 Å². The van der Waals surface area contributed by atoms with Gasteiger partial charge in [-0.3, -0.25) is 10.1 Å². The highest BCUT2D eigenvalue weighted by Crippen LogP contribution is 2.30. The molecule has 4 rings (SSSR count). The van der Waals surface area contributed by atoms with Crippen molar-refractivity contribution >= 4 is 22.4 Å². The lowest BCUT2D eigenvalue weighted by molar-refractivity contribution is 0.102. The van der Waals surface area contributed by atoms with Crippen molar-refractivity contribution in [1.82, 2.24) is 4.98 Å². The maximum atomic E-state index is 12.6. The number of amides is 1. The normalized spacial score (nSPS) is 16.3. The number of hydrogen-bond donors (Lipinski definition) is 2. The maximum Gasteiger partial charge on any atom is 0.257 e. The van der Waals surface area contributed by atoms with Crippen LogP contribution in [0.1, 0.15) is 53.7 Å². The Morgan fingerprint density at radius 1 is 1.07 bits per heavy atom. The van der Waals surface area contributed by atoms with E-state index in [4.69, 9.17) is 5.73 Å². The van der Waals surface area contributed by atoms with Crippen LogP contribution >= 0.6 is 11.3 Å². The fraction of sp³-hybridized carbons (Fsp3) is 0.333. The zero-order valence-electron chi connectivity index (χ0n) is 17.2. The molecule has 1 atom stereocenters. The zero-order valence-corrected chi connectivity index (χ0v) is 18.0. The van der Waals surface area contributed by atoms with Crippen LogP contribution < -0.4 is 11.1 Å². The van der Waals surface area contributed by atoms with Gasteiger partial charge >= 0.3 is 0 Å². The monoisotopic (exact) mass is 405 g/mol. The lowest BCUT2D eigenvalue weighted by Crippen LogP contribution is -2.27. The van der Waals surface area contributed by atoms with Crippen molar-refractivity contribution in [3.8, 4) is 11.1 Å². The molecule has 5 heteroatoms. The van der Waals surface area contributed by atoms with Crippen LogP contribution in [0.4, 0.5) is 5.13 Å². The summed E-state index contributed by atoms with van der Waals surface area (Å²) in [6.45, 7) is 6.63. The second-order valence-corrected chi connectivity index (χ2v) is 9.83. The average Bonchev–Trinajstić information content (AvgIpc) is 3.09. The van der Waals surface area contributed by atoms with Crippen molar-refractivity contribution in [1.29, 1.82) is 0 Å². The number of hydrogen-bond acceptors (Lipinski definition) is 4. The number of aromatic nitrogens is 1. The first-order valence-electron chi connectivity index (χ1n) is 10.1. The molecule has 0 saturated heterocycles. The minimum Gasteiger partial charge on any atom is -0.327 e. The van der Waals surface area contributed by atoms with Gasteiger partial charge in [0.2, 0.25) is 0 Å². The van der Waals surface area contributed by atoms with Crippen LogP contribution in [0.15, 0.2) is 48.5 Å². The van der Waals surface area contributed by atoms with Crippen LogP contribution in [0.2, 0.25) is 0 Å². The van der Waals surface area contributed by atoms with Gasteiger partial charge in [-0.15, -0.1) is 11.3 Å². The van der Waals surface area contributed by atoms with Crippen molar-refractivity contribution in [3.63, 3.8) is 0 Å². The fourth-order valence-electron chi connectivity index (χ4n) is 3.60. The van der Waals surface area contributed by atoms with Gasteiger partial charge in [0.05, 0.1) is 5.69 Å². The molecule has 1 heterocycles. The van der Waals surface area contributed by atoms with Gasteiger partial charge in [0.1, 0.15) is 0 Å². The van der Waals surface area contributed by atoms with Crippen molar-refractivity contribution in [2.75, 3.05) is 5.32 Å². The van der Waals surface area contributed by atoms with Crippen molar-refractivity contribution in [3.05, 3.63) is 70.2 Å². The smallest absolute Gasteiger partial charge is 0.257 e. The van der Waals surface area contributed by atoms with Crippen LogP contribution in [0, 0.1) is 0 Å². The molecule has 3 N–H and O–H groups in total. The number of nitrogens with two attached hydrogens (primary N) is 1. The number of rotatable bonds is 3. The summed E-state index contributed by atoms with van der Waals surface area (Å²) in [6, 6.07) is 16.5. The highest BCUT2D eigenvalue weighted by atomic mass is 32.1. The SMILES string of the molecule is CC(C)(C)c1ccc(-c2ccc(C(=O)Nc3nc4c(s3)C[C@@H](N)CC4)cc2)cc1. The largest absolute Gasteiger partial charge is 0.327 e. The summed E-state index contributed by atoms with van der Waals surface area (Å²) >= 11 is 1.54. The molecule has 4 nitrogen and oxygen atoms in total. The molecule has 0 bridgehead atoms. The van der Waals surface area contributed by atoms with E-state index in [0.29, 0.717) is 10.7 Å². The molecule has 0 fully saturated rings. The van der Waals surface area contributed by atoms with E-state index in [1.54, 1.807) is 11.3 Å². The van der Waals surface area contributed by atoms with Gasteiger partial charge in [0, 0.05) is 16.5 Å². The standard InChI is InChI=1S/C24H27N3OS/c1-24(2,3)18-10-8-16(9-11-18)15-4-6-17(7-5-15)22(28)27-23-26-20-13-12-19(25)14-21(20)29-23/h4-11,19H,12-14,25H2,1-3H3,(H,26,27,28)/t19-/m0/s1. The lowest BCUT2D eigenvalue weighted by Gasteiger charge is -2.19. The van der Waals surface area contributed by atoms with Crippen molar-refractivity contribution in [2.24, 2.45) is 5.73 Å². The molecule has 0 radical (unpaired) electrons. The van der Waals surface area contributed by atoms with E-state index in [2.05, 4.69) is 55.3 Å². The second kappa shape index (κ2) is 7.73. The van der Waals surface area contributed by atoms with Gasteiger partial charge in [-0.25, -0.2) is 4.98 Å². The Balaban J connectivity index is 1.46.